The minimum atomic E-state index is 0.844. The zero-order valence-electron chi connectivity index (χ0n) is 10.6. The Hall–Kier alpha value is -1.86. The minimum Gasteiger partial charge on any atom is -0.312 e. The van der Waals surface area contributed by atoms with Crippen molar-refractivity contribution in [3.63, 3.8) is 0 Å². The Morgan fingerprint density at radius 1 is 0.889 bits per heavy atom. The van der Waals surface area contributed by atoms with E-state index in [9.17, 15) is 0 Å². The van der Waals surface area contributed by atoms with Crippen LogP contribution in [-0.4, -0.2) is 13.1 Å². The van der Waals surface area contributed by atoms with Gasteiger partial charge in [-0.3, -0.25) is 0 Å². The van der Waals surface area contributed by atoms with E-state index in [1.165, 1.54) is 11.1 Å². The standard InChI is InChI=1S/C17H19N/c1-15(17-10-6-3-7-11-17)14-18-13-12-16-8-4-2-5-9-16/h2-11,18H,1,12-14H2. The quantitative estimate of drug-likeness (QED) is 0.758. The highest BCUT2D eigenvalue weighted by Gasteiger charge is 1.97. The predicted octanol–water partition coefficient (Wildman–Crippen LogP) is 3.53. The molecule has 18 heavy (non-hydrogen) atoms. The summed E-state index contributed by atoms with van der Waals surface area (Å²) in [5.41, 5.74) is 3.73. The molecule has 0 unspecified atom stereocenters. The molecule has 0 saturated heterocycles. The van der Waals surface area contributed by atoms with Crippen molar-refractivity contribution in [1.29, 1.82) is 0 Å². The Morgan fingerprint density at radius 3 is 2.17 bits per heavy atom. The van der Waals surface area contributed by atoms with Gasteiger partial charge in [0.15, 0.2) is 0 Å². The van der Waals surface area contributed by atoms with Gasteiger partial charge in [0, 0.05) is 6.54 Å². The van der Waals surface area contributed by atoms with Crippen molar-refractivity contribution in [3.05, 3.63) is 78.4 Å². The van der Waals surface area contributed by atoms with E-state index in [2.05, 4.69) is 48.3 Å². The number of nitrogens with one attached hydrogen (secondary N) is 1. The van der Waals surface area contributed by atoms with E-state index in [-0.39, 0.29) is 0 Å². The van der Waals surface area contributed by atoms with Gasteiger partial charge in [0.05, 0.1) is 0 Å². The van der Waals surface area contributed by atoms with Crippen LogP contribution in [0.15, 0.2) is 67.2 Å². The molecule has 0 radical (unpaired) electrons. The molecule has 0 spiro atoms. The summed E-state index contributed by atoms with van der Waals surface area (Å²) >= 11 is 0. The Balaban J connectivity index is 1.72. The van der Waals surface area contributed by atoms with E-state index < -0.39 is 0 Å². The third-order valence-corrected chi connectivity index (χ3v) is 2.95. The highest BCUT2D eigenvalue weighted by molar-refractivity contribution is 5.64. The first-order valence-electron chi connectivity index (χ1n) is 6.34. The van der Waals surface area contributed by atoms with Crippen LogP contribution < -0.4 is 5.32 Å². The molecule has 0 heterocycles. The highest BCUT2D eigenvalue weighted by atomic mass is 14.8. The Labute approximate surface area is 109 Å². The molecule has 2 aromatic rings. The van der Waals surface area contributed by atoms with E-state index in [0.29, 0.717) is 0 Å². The van der Waals surface area contributed by atoms with E-state index >= 15 is 0 Å². The van der Waals surface area contributed by atoms with Gasteiger partial charge in [-0.25, -0.2) is 0 Å². The van der Waals surface area contributed by atoms with Gasteiger partial charge in [0.1, 0.15) is 0 Å². The van der Waals surface area contributed by atoms with Crippen molar-refractivity contribution in [3.8, 4) is 0 Å². The van der Waals surface area contributed by atoms with E-state index in [0.717, 1.165) is 25.1 Å². The Morgan fingerprint density at radius 2 is 1.50 bits per heavy atom. The van der Waals surface area contributed by atoms with Crippen LogP contribution in [0.5, 0.6) is 0 Å². The van der Waals surface area contributed by atoms with Crippen molar-refractivity contribution in [2.75, 3.05) is 13.1 Å². The summed E-state index contributed by atoms with van der Waals surface area (Å²) in [5, 5.41) is 3.43. The van der Waals surface area contributed by atoms with Crippen LogP contribution in [0.2, 0.25) is 0 Å². The minimum absolute atomic E-state index is 0.844. The molecule has 2 rings (SSSR count). The van der Waals surface area contributed by atoms with Crippen LogP contribution in [0.3, 0.4) is 0 Å². The maximum absolute atomic E-state index is 4.11. The molecule has 0 saturated carbocycles. The molecule has 0 fully saturated rings. The fourth-order valence-electron chi connectivity index (χ4n) is 1.89. The lowest BCUT2D eigenvalue weighted by molar-refractivity contribution is 0.751. The topological polar surface area (TPSA) is 12.0 Å². The smallest absolute Gasteiger partial charge is 0.0205 e. The number of rotatable bonds is 6. The zero-order valence-corrected chi connectivity index (χ0v) is 10.6. The average Bonchev–Trinajstić information content (AvgIpc) is 2.45. The van der Waals surface area contributed by atoms with Crippen molar-refractivity contribution in [2.24, 2.45) is 0 Å². The van der Waals surface area contributed by atoms with Crippen LogP contribution in [0.4, 0.5) is 0 Å². The third-order valence-electron chi connectivity index (χ3n) is 2.95. The molecular formula is C17H19N. The fraction of sp³-hybridized carbons (Fsp3) is 0.176. The van der Waals surface area contributed by atoms with Crippen molar-refractivity contribution >= 4 is 5.57 Å². The SMILES string of the molecule is C=C(CNCCc1ccccc1)c1ccccc1. The van der Waals surface area contributed by atoms with Gasteiger partial charge in [-0.1, -0.05) is 67.2 Å². The summed E-state index contributed by atoms with van der Waals surface area (Å²) in [6.07, 6.45) is 1.06. The Kier molecular flexibility index (Phi) is 4.74. The third kappa shape index (κ3) is 3.86. The molecule has 0 aliphatic carbocycles. The normalized spacial score (nSPS) is 10.2. The summed E-state index contributed by atoms with van der Waals surface area (Å²) in [6, 6.07) is 20.9. The van der Waals surface area contributed by atoms with Crippen molar-refractivity contribution in [1.82, 2.24) is 5.32 Å². The lowest BCUT2D eigenvalue weighted by Gasteiger charge is -2.08. The highest BCUT2D eigenvalue weighted by Crippen LogP contribution is 2.09. The second-order valence-electron chi connectivity index (χ2n) is 4.38. The van der Waals surface area contributed by atoms with Gasteiger partial charge in [-0.05, 0) is 29.7 Å². The molecule has 0 aliphatic heterocycles. The summed E-state index contributed by atoms with van der Waals surface area (Å²) in [4.78, 5) is 0. The molecular weight excluding hydrogens is 218 g/mol. The maximum atomic E-state index is 4.11. The molecule has 0 aliphatic rings. The summed E-state index contributed by atoms with van der Waals surface area (Å²) in [5.74, 6) is 0. The van der Waals surface area contributed by atoms with Crippen LogP contribution in [-0.2, 0) is 6.42 Å². The maximum Gasteiger partial charge on any atom is 0.0205 e. The monoisotopic (exact) mass is 237 g/mol. The molecule has 1 heteroatoms. The van der Waals surface area contributed by atoms with Crippen molar-refractivity contribution in [2.45, 2.75) is 6.42 Å². The van der Waals surface area contributed by atoms with Gasteiger partial charge in [0.25, 0.3) is 0 Å². The fourth-order valence-corrected chi connectivity index (χ4v) is 1.89. The summed E-state index contributed by atoms with van der Waals surface area (Å²) in [6.45, 7) is 5.93. The molecule has 0 amide bonds. The van der Waals surface area contributed by atoms with E-state index in [4.69, 9.17) is 0 Å². The molecule has 0 aromatic heterocycles. The average molecular weight is 237 g/mol. The van der Waals surface area contributed by atoms with Gasteiger partial charge in [-0.15, -0.1) is 0 Å². The molecule has 2 aromatic carbocycles. The summed E-state index contributed by atoms with van der Waals surface area (Å²) in [7, 11) is 0. The van der Waals surface area contributed by atoms with Crippen LogP contribution >= 0.6 is 0 Å². The second kappa shape index (κ2) is 6.77. The van der Waals surface area contributed by atoms with Crippen LogP contribution in [0.25, 0.3) is 5.57 Å². The van der Waals surface area contributed by atoms with Gasteiger partial charge >= 0.3 is 0 Å². The van der Waals surface area contributed by atoms with Gasteiger partial charge < -0.3 is 5.32 Å². The Bertz CT molecular complexity index is 473. The first-order valence-corrected chi connectivity index (χ1v) is 6.34. The lowest BCUT2D eigenvalue weighted by atomic mass is 10.1. The van der Waals surface area contributed by atoms with E-state index in [1.54, 1.807) is 0 Å². The largest absolute Gasteiger partial charge is 0.312 e. The molecule has 0 bridgehead atoms. The molecule has 1 nitrogen and oxygen atoms in total. The van der Waals surface area contributed by atoms with Crippen LogP contribution in [0, 0.1) is 0 Å². The number of hydrogen-bond donors (Lipinski definition) is 1. The predicted molar refractivity (Wildman–Crippen MR) is 78.5 cm³/mol. The van der Waals surface area contributed by atoms with E-state index in [1.807, 2.05) is 24.3 Å². The first kappa shape index (κ1) is 12.6. The summed E-state index contributed by atoms with van der Waals surface area (Å²) < 4.78 is 0. The molecule has 0 atom stereocenters. The number of benzene rings is 2. The molecule has 1 N–H and O–H groups in total. The number of hydrogen-bond acceptors (Lipinski definition) is 1. The van der Waals surface area contributed by atoms with Gasteiger partial charge in [-0.2, -0.15) is 0 Å². The lowest BCUT2D eigenvalue weighted by Crippen LogP contribution is -2.19. The zero-order chi connectivity index (χ0) is 12.6. The van der Waals surface area contributed by atoms with Crippen LogP contribution in [0.1, 0.15) is 11.1 Å². The molecule has 92 valence electrons. The second-order valence-corrected chi connectivity index (χ2v) is 4.38. The first-order chi connectivity index (χ1) is 8.86. The van der Waals surface area contributed by atoms with Gasteiger partial charge in [0.2, 0.25) is 0 Å². The van der Waals surface area contributed by atoms with Crippen molar-refractivity contribution < 1.29 is 0 Å².